The maximum absolute atomic E-state index is 11.9. The zero-order chi connectivity index (χ0) is 14.6. The molecule has 0 aromatic rings. The maximum Gasteiger partial charge on any atom is 0.410 e. The molecule has 1 aliphatic heterocycles. The van der Waals surface area contributed by atoms with Crippen LogP contribution in [0.15, 0.2) is 12.7 Å². The molecule has 0 bridgehead atoms. The van der Waals surface area contributed by atoms with Crippen molar-refractivity contribution in [3.05, 3.63) is 12.7 Å². The molecule has 0 spiro atoms. The number of nitrogens with zero attached hydrogens (tertiary/aromatic N) is 1. The third-order valence-electron chi connectivity index (χ3n) is 3.65. The van der Waals surface area contributed by atoms with E-state index in [1.54, 1.807) is 0 Å². The molecule has 0 radical (unpaired) electrons. The number of ether oxygens (including phenoxy) is 1. The zero-order valence-electron chi connectivity index (χ0n) is 11.9. The third-order valence-corrected chi connectivity index (χ3v) is 3.65. The first kappa shape index (κ1) is 15.5. The van der Waals surface area contributed by atoms with Gasteiger partial charge in [0.25, 0.3) is 0 Å². The topological polar surface area (TPSA) is 66.8 Å². The number of rotatable bonds is 3. The molecule has 2 atom stereocenters. The lowest BCUT2D eigenvalue weighted by Crippen LogP contribution is -2.52. The lowest BCUT2D eigenvalue weighted by Gasteiger charge is -2.42. The normalized spacial score (nSPS) is 23.8. The number of carbonyl (C=O) groups is 2. The summed E-state index contributed by atoms with van der Waals surface area (Å²) in [6.45, 7) is 10.3. The summed E-state index contributed by atoms with van der Waals surface area (Å²) in [6, 6.07) is -0.782. The molecule has 1 N–H and O–H groups in total. The fourth-order valence-corrected chi connectivity index (χ4v) is 2.35. The van der Waals surface area contributed by atoms with E-state index in [-0.39, 0.29) is 17.9 Å². The summed E-state index contributed by atoms with van der Waals surface area (Å²) in [4.78, 5) is 24.5. The van der Waals surface area contributed by atoms with Gasteiger partial charge < -0.3 is 9.84 Å². The fraction of sp³-hybridized carbons (Fsp3) is 0.714. The number of hydrogen-bond donors (Lipinski definition) is 1. The Bertz CT molecular complexity index is 359. The van der Waals surface area contributed by atoms with Gasteiger partial charge in [0.2, 0.25) is 0 Å². The molecule has 19 heavy (non-hydrogen) atoms. The lowest BCUT2D eigenvalue weighted by atomic mass is 9.75. The number of amides is 1. The minimum atomic E-state index is -0.970. The minimum absolute atomic E-state index is 0.0421. The molecule has 0 aliphatic carbocycles. The average Bonchev–Trinajstić information content (AvgIpc) is 2.33. The summed E-state index contributed by atoms with van der Waals surface area (Å²) < 4.78 is 4.98. The fourth-order valence-electron chi connectivity index (χ4n) is 2.35. The van der Waals surface area contributed by atoms with Crippen molar-refractivity contribution in [1.29, 1.82) is 0 Å². The average molecular weight is 269 g/mol. The summed E-state index contributed by atoms with van der Waals surface area (Å²) in [7, 11) is 0. The second-order valence-electron chi connectivity index (χ2n) is 6.01. The van der Waals surface area contributed by atoms with Gasteiger partial charge in [-0.1, -0.05) is 33.4 Å². The van der Waals surface area contributed by atoms with Crippen molar-refractivity contribution in [3.8, 4) is 0 Å². The Morgan fingerprint density at radius 3 is 2.53 bits per heavy atom. The van der Waals surface area contributed by atoms with Gasteiger partial charge in [0.15, 0.2) is 0 Å². The minimum Gasteiger partial charge on any atom is -0.480 e. The summed E-state index contributed by atoms with van der Waals surface area (Å²) in [5, 5.41) is 9.20. The number of carbonyl (C=O) groups excluding carboxylic acids is 1. The second-order valence-corrected chi connectivity index (χ2v) is 6.01. The predicted octanol–water partition coefficient (Wildman–Crippen LogP) is 2.52. The number of likely N-dealkylation sites (tertiary alicyclic amines) is 1. The molecule has 1 heterocycles. The monoisotopic (exact) mass is 269 g/mol. The van der Waals surface area contributed by atoms with Gasteiger partial charge in [-0.15, -0.1) is 0 Å². The van der Waals surface area contributed by atoms with Gasteiger partial charge in [0.1, 0.15) is 12.6 Å². The first-order chi connectivity index (χ1) is 8.77. The van der Waals surface area contributed by atoms with E-state index in [0.717, 1.165) is 6.42 Å². The van der Waals surface area contributed by atoms with Crippen LogP contribution < -0.4 is 0 Å². The number of hydrogen-bond acceptors (Lipinski definition) is 3. The molecule has 108 valence electrons. The van der Waals surface area contributed by atoms with Crippen molar-refractivity contribution < 1.29 is 19.4 Å². The highest BCUT2D eigenvalue weighted by molar-refractivity contribution is 5.80. The van der Waals surface area contributed by atoms with Crippen LogP contribution in [0.4, 0.5) is 4.79 Å². The van der Waals surface area contributed by atoms with E-state index in [1.165, 1.54) is 11.0 Å². The number of carboxylic acids is 1. The molecule has 0 unspecified atom stereocenters. The zero-order valence-corrected chi connectivity index (χ0v) is 11.9. The molecular weight excluding hydrogens is 246 g/mol. The molecule has 1 rings (SSSR count). The first-order valence-electron chi connectivity index (χ1n) is 6.54. The van der Waals surface area contributed by atoms with Crippen molar-refractivity contribution in [2.24, 2.45) is 11.3 Å². The van der Waals surface area contributed by atoms with Gasteiger partial charge >= 0.3 is 12.1 Å². The van der Waals surface area contributed by atoms with E-state index in [1.807, 2.05) is 0 Å². The third kappa shape index (κ3) is 3.98. The van der Waals surface area contributed by atoms with Gasteiger partial charge in [-0.05, 0) is 24.2 Å². The van der Waals surface area contributed by atoms with Crippen LogP contribution in [0.2, 0.25) is 0 Å². The first-order valence-corrected chi connectivity index (χ1v) is 6.54. The Balaban J connectivity index is 2.81. The quantitative estimate of drug-likeness (QED) is 0.799. The molecule has 0 saturated carbocycles. The van der Waals surface area contributed by atoms with Crippen LogP contribution in [0, 0.1) is 11.3 Å². The van der Waals surface area contributed by atoms with Crippen LogP contribution in [0.25, 0.3) is 0 Å². The summed E-state index contributed by atoms with van der Waals surface area (Å²) in [6.07, 6.45) is 2.19. The SMILES string of the molecule is C=CCOC(=O)N1C[C@H](C(C)(C)C)CC[C@@H]1C(=O)O. The highest BCUT2D eigenvalue weighted by Crippen LogP contribution is 2.35. The van der Waals surface area contributed by atoms with Crippen molar-refractivity contribution in [1.82, 2.24) is 4.90 Å². The highest BCUT2D eigenvalue weighted by atomic mass is 16.6. The molecule has 1 amide bonds. The van der Waals surface area contributed by atoms with Crippen LogP contribution >= 0.6 is 0 Å². The van der Waals surface area contributed by atoms with Crippen molar-refractivity contribution in [2.45, 2.75) is 39.7 Å². The van der Waals surface area contributed by atoms with Gasteiger partial charge in [-0.25, -0.2) is 9.59 Å². The van der Waals surface area contributed by atoms with Crippen LogP contribution in [0.3, 0.4) is 0 Å². The summed E-state index contributed by atoms with van der Waals surface area (Å²) in [5.74, 6) is -0.692. The van der Waals surface area contributed by atoms with Crippen LogP contribution in [-0.2, 0) is 9.53 Å². The van der Waals surface area contributed by atoms with Gasteiger partial charge in [-0.2, -0.15) is 0 Å². The molecule has 5 heteroatoms. The maximum atomic E-state index is 11.9. The Hall–Kier alpha value is -1.52. The Morgan fingerprint density at radius 2 is 2.05 bits per heavy atom. The molecule has 1 fully saturated rings. The van der Waals surface area contributed by atoms with Gasteiger partial charge in [0.05, 0.1) is 0 Å². The number of carboxylic acid groups (broad SMARTS) is 1. The standard InChI is InChI=1S/C14H23NO4/c1-5-8-19-13(18)15-9-10(14(2,3)4)6-7-11(15)12(16)17/h5,10-11H,1,6-9H2,2-4H3,(H,16,17)/t10-,11-/m1/s1. The Labute approximate surface area is 114 Å². The highest BCUT2D eigenvalue weighted by Gasteiger charge is 2.40. The van der Waals surface area contributed by atoms with Crippen molar-refractivity contribution >= 4 is 12.1 Å². The molecule has 0 aromatic carbocycles. The van der Waals surface area contributed by atoms with Crippen LogP contribution in [0.1, 0.15) is 33.6 Å². The molecule has 1 aliphatic rings. The second kappa shape index (κ2) is 6.08. The summed E-state index contributed by atoms with van der Waals surface area (Å²) in [5.41, 5.74) is 0.0421. The van der Waals surface area contributed by atoms with Crippen molar-refractivity contribution in [3.63, 3.8) is 0 Å². The number of aliphatic carboxylic acids is 1. The van der Waals surface area contributed by atoms with E-state index in [0.29, 0.717) is 13.0 Å². The van der Waals surface area contributed by atoms with Crippen molar-refractivity contribution in [2.75, 3.05) is 13.2 Å². The predicted molar refractivity (Wildman–Crippen MR) is 71.9 cm³/mol. The van der Waals surface area contributed by atoms with E-state index in [4.69, 9.17) is 4.74 Å². The van der Waals surface area contributed by atoms with E-state index in [2.05, 4.69) is 27.4 Å². The smallest absolute Gasteiger partial charge is 0.410 e. The van der Waals surface area contributed by atoms with Crippen LogP contribution in [-0.4, -0.2) is 41.3 Å². The Morgan fingerprint density at radius 1 is 1.42 bits per heavy atom. The largest absolute Gasteiger partial charge is 0.480 e. The van der Waals surface area contributed by atoms with Crippen LogP contribution in [0.5, 0.6) is 0 Å². The molecular formula is C14H23NO4. The van der Waals surface area contributed by atoms with Gasteiger partial charge in [0, 0.05) is 6.54 Å². The number of piperidine rings is 1. The molecule has 5 nitrogen and oxygen atoms in total. The molecule has 0 aromatic heterocycles. The van der Waals surface area contributed by atoms with Gasteiger partial charge in [-0.3, -0.25) is 4.90 Å². The van der Waals surface area contributed by atoms with E-state index >= 15 is 0 Å². The van der Waals surface area contributed by atoms with E-state index < -0.39 is 18.1 Å². The summed E-state index contributed by atoms with van der Waals surface area (Å²) >= 11 is 0. The molecule has 1 saturated heterocycles. The Kier molecular flexibility index (Phi) is 4.97. The van der Waals surface area contributed by atoms with E-state index in [9.17, 15) is 14.7 Å². The lowest BCUT2D eigenvalue weighted by molar-refractivity contribution is -0.145.